The highest BCUT2D eigenvalue weighted by molar-refractivity contribution is 5.96. The molecule has 1 fully saturated rings. The molecule has 20 heavy (non-hydrogen) atoms. The first kappa shape index (κ1) is 14.7. The minimum absolute atomic E-state index is 0.384. The monoisotopic (exact) mass is 277 g/mol. The van der Waals surface area contributed by atoms with Gasteiger partial charge in [0.2, 0.25) is 0 Å². The fraction of sp³-hybridized carbons (Fsp3) is 0.533. The maximum atomic E-state index is 11.7. The van der Waals surface area contributed by atoms with Crippen LogP contribution in [0.1, 0.15) is 23.7 Å². The van der Waals surface area contributed by atoms with Gasteiger partial charge in [0.1, 0.15) is 0 Å². The first-order valence-corrected chi connectivity index (χ1v) is 6.99. The minimum Gasteiger partial charge on any atom is -0.465 e. The zero-order valence-electron chi connectivity index (χ0n) is 12.4. The number of benzene rings is 1. The van der Waals surface area contributed by atoms with Gasteiger partial charge in [-0.05, 0) is 31.7 Å². The molecule has 110 valence electrons. The van der Waals surface area contributed by atoms with E-state index in [-0.39, 0.29) is 5.97 Å². The number of nitrogens with zero attached hydrogens (tertiary/aromatic N) is 2. The van der Waals surface area contributed by atoms with Crippen molar-refractivity contribution in [1.82, 2.24) is 4.90 Å². The lowest BCUT2D eigenvalue weighted by atomic mass is 10.1. The van der Waals surface area contributed by atoms with Crippen molar-refractivity contribution >= 4 is 17.3 Å². The summed E-state index contributed by atoms with van der Waals surface area (Å²) in [5, 5.41) is 0. The van der Waals surface area contributed by atoms with E-state index in [0.717, 1.165) is 31.7 Å². The van der Waals surface area contributed by atoms with Crippen LogP contribution in [-0.4, -0.2) is 50.7 Å². The van der Waals surface area contributed by atoms with E-state index in [0.29, 0.717) is 17.3 Å². The molecule has 0 aromatic heterocycles. The Hall–Kier alpha value is -1.75. The van der Waals surface area contributed by atoms with Gasteiger partial charge >= 0.3 is 5.97 Å². The van der Waals surface area contributed by atoms with Gasteiger partial charge in [0, 0.05) is 37.1 Å². The van der Waals surface area contributed by atoms with Gasteiger partial charge in [-0.3, -0.25) is 4.90 Å². The second kappa shape index (κ2) is 6.13. The molecule has 0 radical (unpaired) electrons. The minimum atomic E-state index is -0.384. The van der Waals surface area contributed by atoms with Gasteiger partial charge in [0.25, 0.3) is 0 Å². The molecule has 1 aromatic rings. The van der Waals surface area contributed by atoms with E-state index in [1.165, 1.54) is 7.11 Å². The normalized spacial score (nSPS) is 19.9. The number of carbonyl (C=O) groups is 1. The molecular formula is C15H23N3O2. The number of likely N-dealkylation sites (N-methyl/N-ethyl adjacent to an activating group) is 1. The fourth-order valence-electron chi connectivity index (χ4n) is 2.65. The Bertz CT molecular complexity index is 490. The molecule has 1 heterocycles. The number of piperazine rings is 1. The van der Waals surface area contributed by atoms with Gasteiger partial charge in [-0.25, -0.2) is 4.79 Å². The number of anilines is 2. The number of carbonyl (C=O) groups excluding carboxylic acids is 1. The van der Waals surface area contributed by atoms with Crippen LogP contribution in [-0.2, 0) is 4.74 Å². The highest BCUT2D eigenvalue weighted by Gasteiger charge is 2.23. The Morgan fingerprint density at radius 3 is 2.85 bits per heavy atom. The average molecular weight is 277 g/mol. The van der Waals surface area contributed by atoms with Crippen molar-refractivity contribution in [3.63, 3.8) is 0 Å². The van der Waals surface area contributed by atoms with Gasteiger partial charge in [-0.15, -0.1) is 0 Å². The van der Waals surface area contributed by atoms with Crippen molar-refractivity contribution in [2.75, 3.05) is 44.4 Å². The highest BCUT2D eigenvalue weighted by atomic mass is 16.5. The molecule has 1 saturated heterocycles. The second-order valence-electron chi connectivity index (χ2n) is 5.25. The number of nitrogen functional groups attached to an aromatic ring is 1. The highest BCUT2D eigenvalue weighted by Crippen LogP contribution is 2.24. The first-order chi connectivity index (χ1) is 9.56. The molecule has 0 bridgehead atoms. The quantitative estimate of drug-likeness (QED) is 0.671. The summed E-state index contributed by atoms with van der Waals surface area (Å²) in [7, 11) is 3.53. The third-order valence-corrected chi connectivity index (χ3v) is 4.06. The van der Waals surface area contributed by atoms with Crippen molar-refractivity contribution < 1.29 is 9.53 Å². The lowest BCUT2D eigenvalue weighted by Gasteiger charge is -2.40. The number of hydrogen-bond acceptors (Lipinski definition) is 5. The SMILES string of the molecule is CCC1CN(c2ccc(N)c(C(=O)OC)c2)CCN1C. The van der Waals surface area contributed by atoms with Crippen molar-refractivity contribution in [1.29, 1.82) is 0 Å². The Morgan fingerprint density at radius 2 is 2.20 bits per heavy atom. The lowest BCUT2D eigenvalue weighted by molar-refractivity contribution is 0.0602. The molecule has 0 saturated carbocycles. The van der Waals surface area contributed by atoms with Crippen LogP contribution in [0.15, 0.2) is 18.2 Å². The van der Waals surface area contributed by atoms with E-state index in [9.17, 15) is 4.79 Å². The van der Waals surface area contributed by atoms with Crippen LogP contribution >= 0.6 is 0 Å². The third kappa shape index (κ3) is 2.88. The predicted molar refractivity (Wildman–Crippen MR) is 81.1 cm³/mol. The van der Waals surface area contributed by atoms with Crippen LogP contribution in [0.4, 0.5) is 11.4 Å². The van der Waals surface area contributed by atoms with Crippen LogP contribution in [0, 0.1) is 0 Å². The van der Waals surface area contributed by atoms with Crippen molar-refractivity contribution in [2.45, 2.75) is 19.4 Å². The van der Waals surface area contributed by atoms with Crippen molar-refractivity contribution in [3.05, 3.63) is 23.8 Å². The Balaban J connectivity index is 2.23. The number of ether oxygens (including phenoxy) is 1. The third-order valence-electron chi connectivity index (χ3n) is 4.06. The Kier molecular flexibility index (Phi) is 4.49. The molecule has 2 N–H and O–H groups in total. The smallest absolute Gasteiger partial charge is 0.340 e. The van der Waals surface area contributed by atoms with Crippen LogP contribution < -0.4 is 10.6 Å². The molecule has 1 aliphatic heterocycles. The van der Waals surface area contributed by atoms with E-state index in [1.807, 2.05) is 12.1 Å². The zero-order chi connectivity index (χ0) is 14.7. The number of methoxy groups -OCH3 is 1. The van der Waals surface area contributed by atoms with E-state index < -0.39 is 0 Å². The van der Waals surface area contributed by atoms with E-state index >= 15 is 0 Å². The molecule has 0 amide bonds. The largest absolute Gasteiger partial charge is 0.465 e. The summed E-state index contributed by atoms with van der Waals surface area (Å²) in [5.41, 5.74) is 7.78. The maximum Gasteiger partial charge on any atom is 0.340 e. The van der Waals surface area contributed by atoms with Gasteiger partial charge in [-0.2, -0.15) is 0 Å². The van der Waals surface area contributed by atoms with Crippen molar-refractivity contribution in [3.8, 4) is 0 Å². The molecule has 1 unspecified atom stereocenters. The Labute approximate surface area is 120 Å². The summed E-state index contributed by atoms with van der Waals surface area (Å²) in [4.78, 5) is 16.4. The van der Waals surface area contributed by atoms with E-state index in [1.54, 1.807) is 6.07 Å². The van der Waals surface area contributed by atoms with Crippen LogP contribution in [0.5, 0.6) is 0 Å². The molecule has 0 spiro atoms. The lowest BCUT2D eigenvalue weighted by Crippen LogP contribution is -2.51. The van der Waals surface area contributed by atoms with Gasteiger partial charge in [0.05, 0.1) is 12.7 Å². The number of esters is 1. The standard InChI is InChI=1S/C15H23N3O2/c1-4-11-10-18(8-7-17(11)2)12-5-6-14(16)13(9-12)15(19)20-3/h5-6,9,11H,4,7-8,10,16H2,1-3H3. The average Bonchev–Trinajstić information content (AvgIpc) is 2.47. The second-order valence-corrected chi connectivity index (χ2v) is 5.25. The van der Waals surface area contributed by atoms with Gasteiger partial charge < -0.3 is 15.4 Å². The predicted octanol–water partition coefficient (Wildman–Crippen LogP) is 1.59. The van der Waals surface area contributed by atoms with E-state index in [2.05, 4.69) is 23.8 Å². The summed E-state index contributed by atoms with van der Waals surface area (Å²) in [5.74, 6) is -0.384. The molecule has 1 atom stereocenters. The molecule has 1 aliphatic rings. The van der Waals surface area contributed by atoms with Gasteiger partial charge in [0.15, 0.2) is 0 Å². The first-order valence-electron chi connectivity index (χ1n) is 6.99. The van der Waals surface area contributed by atoms with Crippen LogP contribution in [0.2, 0.25) is 0 Å². The Morgan fingerprint density at radius 1 is 1.45 bits per heavy atom. The molecular weight excluding hydrogens is 254 g/mol. The topological polar surface area (TPSA) is 58.8 Å². The summed E-state index contributed by atoms with van der Waals surface area (Å²) in [6.07, 6.45) is 1.12. The number of hydrogen-bond donors (Lipinski definition) is 1. The molecule has 1 aromatic carbocycles. The van der Waals surface area contributed by atoms with Gasteiger partial charge in [-0.1, -0.05) is 6.92 Å². The maximum absolute atomic E-state index is 11.7. The summed E-state index contributed by atoms with van der Waals surface area (Å²) in [6.45, 7) is 5.15. The number of rotatable bonds is 3. The molecule has 0 aliphatic carbocycles. The molecule has 5 nitrogen and oxygen atoms in total. The van der Waals surface area contributed by atoms with E-state index in [4.69, 9.17) is 10.5 Å². The molecule has 2 rings (SSSR count). The summed E-state index contributed by atoms with van der Waals surface area (Å²) >= 11 is 0. The fourth-order valence-corrected chi connectivity index (χ4v) is 2.65. The summed E-state index contributed by atoms with van der Waals surface area (Å²) in [6, 6.07) is 6.13. The summed E-state index contributed by atoms with van der Waals surface area (Å²) < 4.78 is 4.77. The molecule has 5 heteroatoms. The number of nitrogens with two attached hydrogens (primary N) is 1. The van der Waals surface area contributed by atoms with Crippen LogP contribution in [0.25, 0.3) is 0 Å². The van der Waals surface area contributed by atoms with Crippen molar-refractivity contribution in [2.24, 2.45) is 0 Å². The zero-order valence-corrected chi connectivity index (χ0v) is 12.4. The van der Waals surface area contributed by atoms with Crippen LogP contribution in [0.3, 0.4) is 0 Å².